The van der Waals surface area contributed by atoms with Crippen LogP contribution in [-0.4, -0.2) is 4.98 Å². The van der Waals surface area contributed by atoms with Crippen molar-refractivity contribution in [3.63, 3.8) is 0 Å². The molecule has 3 nitrogen and oxygen atoms in total. The number of anilines is 6. The van der Waals surface area contributed by atoms with Gasteiger partial charge in [0.15, 0.2) is 0 Å². The summed E-state index contributed by atoms with van der Waals surface area (Å²) >= 11 is 0. The number of aromatic nitrogens is 1. The average molecular weight is 706 g/mol. The first-order chi connectivity index (χ1) is 27.0. The highest BCUT2D eigenvalue weighted by Gasteiger charge is 2.35. The Morgan fingerprint density at radius 3 is 1.64 bits per heavy atom. The van der Waals surface area contributed by atoms with Crippen LogP contribution in [0.2, 0.25) is 0 Å². The normalized spacial score (nSPS) is 12.7. The molecule has 0 amide bonds. The van der Waals surface area contributed by atoms with E-state index < -0.39 is 0 Å². The lowest BCUT2D eigenvalue weighted by molar-refractivity contribution is 0.660. The topological polar surface area (TPSA) is 19.4 Å². The smallest absolute Gasteiger partial charge is 0.137 e. The highest BCUT2D eigenvalue weighted by atomic mass is 15.2. The van der Waals surface area contributed by atoms with Crippen LogP contribution in [-0.2, 0) is 5.41 Å². The SMILES string of the molecule is CC1(C)c2ccccc2-c2ccc(N(c3ccc(-c4ccc(N(c5ccccc5)c5cccc6ccccc56)nc4)cc3)c3cccc4ccccc34)cc21. The number of hydrogen-bond acceptors (Lipinski definition) is 3. The van der Waals surface area contributed by atoms with Crippen LogP contribution in [0.5, 0.6) is 0 Å². The van der Waals surface area contributed by atoms with Crippen LogP contribution in [0.4, 0.5) is 34.3 Å². The van der Waals surface area contributed by atoms with Crippen molar-refractivity contribution in [1.82, 2.24) is 4.98 Å². The molecule has 0 aliphatic heterocycles. The van der Waals surface area contributed by atoms with Gasteiger partial charge in [-0.15, -0.1) is 0 Å². The average Bonchev–Trinajstić information content (AvgIpc) is 3.47. The van der Waals surface area contributed by atoms with Gasteiger partial charge in [0.1, 0.15) is 5.82 Å². The molecule has 0 radical (unpaired) electrons. The van der Waals surface area contributed by atoms with Gasteiger partial charge >= 0.3 is 0 Å². The second-order valence-corrected chi connectivity index (χ2v) is 14.9. The van der Waals surface area contributed by atoms with E-state index in [4.69, 9.17) is 4.98 Å². The standard InChI is InChI=1S/C52H39N3/c1-52(2)47-23-11-10-22-45(47)46-32-31-42(34-48(46)52)54(49-24-12-16-37-14-6-8-20-43(37)49)41-29-26-36(27-30-41)39-28-33-51(53-35-39)55(40-18-4-3-5-19-40)50-25-13-17-38-15-7-9-21-44(38)50/h3-35H,1-2H3. The van der Waals surface area contributed by atoms with E-state index in [2.05, 4.69) is 218 Å². The number of pyridine rings is 1. The summed E-state index contributed by atoms with van der Waals surface area (Å²) in [5.41, 5.74) is 13.0. The third-order valence-electron chi connectivity index (χ3n) is 11.3. The molecule has 1 aliphatic carbocycles. The van der Waals surface area contributed by atoms with Crippen molar-refractivity contribution in [3.8, 4) is 22.3 Å². The zero-order valence-corrected chi connectivity index (χ0v) is 30.9. The van der Waals surface area contributed by atoms with Crippen LogP contribution in [0.3, 0.4) is 0 Å². The Labute approximate surface area is 322 Å². The molecule has 1 heterocycles. The summed E-state index contributed by atoms with van der Waals surface area (Å²) in [7, 11) is 0. The number of hydrogen-bond donors (Lipinski definition) is 0. The number of fused-ring (bicyclic) bond motifs is 5. The fraction of sp³-hybridized carbons (Fsp3) is 0.0577. The maximum atomic E-state index is 5.08. The quantitative estimate of drug-likeness (QED) is 0.165. The second kappa shape index (κ2) is 13.2. The molecule has 0 unspecified atom stereocenters. The summed E-state index contributed by atoms with van der Waals surface area (Å²) < 4.78 is 0. The fourth-order valence-electron chi connectivity index (χ4n) is 8.53. The monoisotopic (exact) mass is 705 g/mol. The van der Waals surface area contributed by atoms with Crippen molar-refractivity contribution >= 4 is 55.8 Å². The molecule has 10 rings (SSSR count). The Hall–Kier alpha value is -6.97. The highest BCUT2D eigenvalue weighted by Crippen LogP contribution is 2.51. The first-order valence-corrected chi connectivity index (χ1v) is 19.0. The van der Waals surface area contributed by atoms with Crippen LogP contribution < -0.4 is 9.80 Å². The number of rotatable bonds is 7. The minimum atomic E-state index is -0.0981. The third kappa shape index (κ3) is 5.55. The molecule has 0 spiro atoms. The van der Waals surface area contributed by atoms with Crippen molar-refractivity contribution in [1.29, 1.82) is 0 Å². The predicted octanol–water partition coefficient (Wildman–Crippen LogP) is 14.3. The van der Waals surface area contributed by atoms with Gasteiger partial charge in [0.05, 0.1) is 11.4 Å². The van der Waals surface area contributed by atoms with Gasteiger partial charge in [-0.05, 0) is 99.3 Å². The first kappa shape index (κ1) is 32.7. The highest BCUT2D eigenvalue weighted by molar-refractivity contribution is 6.00. The lowest BCUT2D eigenvalue weighted by Crippen LogP contribution is -2.16. The summed E-state index contributed by atoms with van der Waals surface area (Å²) in [6, 6.07) is 69.8. The van der Waals surface area contributed by atoms with E-state index in [1.54, 1.807) is 0 Å². The molecule has 55 heavy (non-hydrogen) atoms. The predicted molar refractivity (Wildman–Crippen MR) is 232 cm³/mol. The third-order valence-corrected chi connectivity index (χ3v) is 11.3. The van der Waals surface area contributed by atoms with E-state index in [9.17, 15) is 0 Å². The Morgan fingerprint density at radius 2 is 0.945 bits per heavy atom. The minimum Gasteiger partial charge on any atom is -0.310 e. The Morgan fingerprint density at radius 1 is 0.400 bits per heavy atom. The van der Waals surface area contributed by atoms with Gasteiger partial charge in [-0.2, -0.15) is 0 Å². The number of para-hydroxylation sites is 1. The lowest BCUT2D eigenvalue weighted by Gasteiger charge is -2.29. The summed E-state index contributed by atoms with van der Waals surface area (Å²) in [6.45, 7) is 4.69. The first-order valence-electron chi connectivity index (χ1n) is 19.0. The van der Waals surface area contributed by atoms with E-state index in [0.29, 0.717) is 0 Å². The Bertz CT molecular complexity index is 2830. The van der Waals surface area contributed by atoms with Crippen LogP contribution in [0.1, 0.15) is 25.0 Å². The molecule has 0 fully saturated rings. The van der Waals surface area contributed by atoms with Gasteiger partial charge in [0.25, 0.3) is 0 Å². The molecule has 0 atom stereocenters. The van der Waals surface area contributed by atoms with Crippen LogP contribution in [0, 0.1) is 0 Å². The zero-order valence-electron chi connectivity index (χ0n) is 30.9. The Balaban J connectivity index is 1.04. The number of nitrogens with zero attached hydrogens (tertiary/aromatic N) is 3. The van der Waals surface area contributed by atoms with Crippen LogP contribution >= 0.6 is 0 Å². The summed E-state index contributed by atoms with van der Waals surface area (Å²) in [5, 5.41) is 4.81. The Kier molecular flexibility index (Phi) is 7.81. The van der Waals surface area contributed by atoms with Crippen molar-refractivity contribution in [2.24, 2.45) is 0 Å². The van der Waals surface area contributed by atoms with Crippen LogP contribution in [0.25, 0.3) is 43.8 Å². The van der Waals surface area contributed by atoms with Gasteiger partial charge in [-0.25, -0.2) is 4.98 Å². The molecular formula is C52H39N3. The van der Waals surface area contributed by atoms with Crippen molar-refractivity contribution in [2.75, 3.05) is 9.80 Å². The second-order valence-electron chi connectivity index (χ2n) is 14.9. The summed E-state index contributed by atoms with van der Waals surface area (Å²) in [4.78, 5) is 9.74. The maximum Gasteiger partial charge on any atom is 0.137 e. The molecule has 0 bridgehead atoms. The van der Waals surface area contributed by atoms with Gasteiger partial charge in [-0.3, -0.25) is 4.90 Å². The van der Waals surface area contributed by atoms with Crippen LogP contribution in [0.15, 0.2) is 200 Å². The minimum absolute atomic E-state index is 0.0981. The van der Waals surface area contributed by atoms with Crippen molar-refractivity contribution in [2.45, 2.75) is 19.3 Å². The molecule has 0 saturated heterocycles. The van der Waals surface area contributed by atoms with E-state index in [1.807, 2.05) is 6.20 Å². The largest absolute Gasteiger partial charge is 0.310 e. The van der Waals surface area contributed by atoms with Crippen molar-refractivity contribution in [3.05, 3.63) is 211 Å². The van der Waals surface area contributed by atoms with Gasteiger partial charge in [-0.1, -0.05) is 147 Å². The molecule has 0 N–H and O–H groups in total. The van der Waals surface area contributed by atoms with Gasteiger partial charge in [0.2, 0.25) is 0 Å². The molecule has 1 aromatic heterocycles. The number of benzene rings is 8. The van der Waals surface area contributed by atoms with E-state index in [0.717, 1.165) is 45.4 Å². The fourth-order valence-corrected chi connectivity index (χ4v) is 8.53. The molecule has 9 aromatic rings. The van der Waals surface area contributed by atoms with E-state index >= 15 is 0 Å². The summed E-state index contributed by atoms with van der Waals surface area (Å²) in [6.07, 6.45) is 1.99. The maximum absolute atomic E-state index is 5.08. The molecular weight excluding hydrogens is 667 g/mol. The summed E-state index contributed by atoms with van der Waals surface area (Å²) in [5.74, 6) is 0.867. The van der Waals surface area contributed by atoms with Crippen molar-refractivity contribution < 1.29 is 0 Å². The van der Waals surface area contributed by atoms with E-state index in [-0.39, 0.29) is 5.41 Å². The zero-order chi connectivity index (χ0) is 36.9. The lowest BCUT2D eigenvalue weighted by atomic mass is 9.82. The molecule has 0 saturated carbocycles. The molecule has 8 aromatic carbocycles. The van der Waals surface area contributed by atoms with Gasteiger partial charge < -0.3 is 4.90 Å². The molecule has 1 aliphatic rings. The molecule has 262 valence electrons. The van der Waals surface area contributed by atoms with E-state index in [1.165, 1.54) is 43.8 Å². The van der Waals surface area contributed by atoms with Gasteiger partial charge in [0, 0.05) is 45.0 Å². The molecule has 3 heteroatoms.